The van der Waals surface area contributed by atoms with Gasteiger partial charge in [0.1, 0.15) is 5.82 Å². The minimum absolute atomic E-state index is 0.176. The first-order valence-corrected chi connectivity index (χ1v) is 8.69. The van der Waals surface area contributed by atoms with Crippen LogP contribution in [-0.4, -0.2) is 36.0 Å². The van der Waals surface area contributed by atoms with Crippen molar-refractivity contribution in [3.63, 3.8) is 0 Å². The molecule has 0 bridgehead atoms. The summed E-state index contributed by atoms with van der Waals surface area (Å²) >= 11 is 6.01. The average Bonchev–Trinajstić information content (AvgIpc) is 2.74. The molecule has 0 saturated heterocycles. The van der Waals surface area contributed by atoms with Crippen molar-refractivity contribution in [2.75, 3.05) is 24.8 Å². The number of anilines is 2. The quantitative estimate of drug-likeness (QED) is 0.636. The van der Waals surface area contributed by atoms with Crippen LogP contribution in [-0.2, 0) is 4.74 Å². The minimum atomic E-state index is -0.578. The summed E-state index contributed by atoms with van der Waals surface area (Å²) in [5.41, 5.74) is 2.43. The lowest BCUT2D eigenvalue weighted by molar-refractivity contribution is 0.0600. The Labute approximate surface area is 166 Å². The molecule has 2 N–H and O–H groups in total. The van der Waals surface area contributed by atoms with E-state index in [4.69, 9.17) is 16.3 Å². The monoisotopic (exact) mass is 396 g/mol. The van der Waals surface area contributed by atoms with E-state index >= 15 is 0 Å². The van der Waals surface area contributed by atoms with Gasteiger partial charge < -0.3 is 15.4 Å². The van der Waals surface area contributed by atoms with Gasteiger partial charge in [0.25, 0.3) is 5.91 Å². The predicted molar refractivity (Wildman–Crippen MR) is 108 cm³/mol. The van der Waals surface area contributed by atoms with Crippen molar-refractivity contribution in [1.29, 1.82) is 0 Å². The van der Waals surface area contributed by atoms with E-state index < -0.39 is 5.97 Å². The molecule has 1 aromatic heterocycles. The number of hydrogen-bond acceptors (Lipinski definition) is 6. The van der Waals surface area contributed by atoms with Gasteiger partial charge in [0.2, 0.25) is 0 Å². The second kappa shape index (κ2) is 8.49. The maximum atomic E-state index is 12.6. The maximum absolute atomic E-state index is 12.6. The number of esters is 1. The summed E-state index contributed by atoms with van der Waals surface area (Å²) in [4.78, 5) is 33.0. The van der Waals surface area contributed by atoms with Crippen molar-refractivity contribution in [2.24, 2.45) is 0 Å². The van der Waals surface area contributed by atoms with E-state index in [2.05, 4.69) is 20.6 Å². The molecule has 8 heteroatoms. The molecule has 0 aliphatic rings. The molecule has 0 radical (unpaired) electrons. The molecule has 1 amide bonds. The third-order valence-corrected chi connectivity index (χ3v) is 4.27. The molecule has 2 aromatic carbocycles. The van der Waals surface area contributed by atoms with Gasteiger partial charge in [-0.3, -0.25) is 9.78 Å². The third kappa shape index (κ3) is 4.27. The number of hydrogen-bond donors (Lipinski definition) is 2. The van der Waals surface area contributed by atoms with Crippen molar-refractivity contribution in [2.45, 2.75) is 0 Å². The zero-order valence-electron chi connectivity index (χ0n) is 15.2. The molecule has 28 heavy (non-hydrogen) atoms. The van der Waals surface area contributed by atoms with E-state index in [0.717, 1.165) is 5.56 Å². The third-order valence-electron chi connectivity index (χ3n) is 3.94. The van der Waals surface area contributed by atoms with Crippen LogP contribution in [0.2, 0.25) is 5.02 Å². The lowest BCUT2D eigenvalue weighted by Gasteiger charge is -2.09. The molecule has 7 nitrogen and oxygen atoms in total. The van der Waals surface area contributed by atoms with Gasteiger partial charge in [-0.05, 0) is 30.3 Å². The van der Waals surface area contributed by atoms with Crippen LogP contribution in [0.25, 0.3) is 11.3 Å². The minimum Gasteiger partial charge on any atom is -0.465 e. The highest BCUT2D eigenvalue weighted by Gasteiger charge is 2.14. The Morgan fingerprint density at radius 2 is 1.93 bits per heavy atom. The Morgan fingerprint density at radius 1 is 1.11 bits per heavy atom. The molecular formula is C20H17ClN4O3. The molecule has 3 aromatic rings. The number of rotatable bonds is 5. The van der Waals surface area contributed by atoms with Crippen LogP contribution in [0.3, 0.4) is 0 Å². The molecular weight excluding hydrogens is 380 g/mol. The predicted octanol–water partition coefficient (Wildman–Crippen LogP) is 3.88. The van der Waals surface area contributed by atoms with Crippen molar-refractivity contribution in [3.05, 3.63) is 71.0 Å². The lowest BCUT2D eigenvalue weighted by Crippen LogP contribution is -2.13. The summed E-state index contributed by atoms with van der Waals surface area (Å²) in [5.74, 6) is -0.285. The first-order valence-electron chi connectivity index (χ1n) is 8.31. The molecule has 0 spiro atoms. The Morgan fingerprint density at radius 3 is 2.68 bits per heavy atom. The van der Waals surface area contributed by atoms with Crippen molar-refractivity contribution in [1.82, 2.24) is 9.97 Å². The van der Waals surface area contributed by atoms with Gasteiger partial charge in [0.15, 0.2) is 0 Å². The molecule has 0 fully saturated rings. The number of halogens is 1. The van der Waals surface area contributed by atoms with Gasteiger partial charge in [-0.1, -0.05) is 23.7 Å². The average molecular weight is 397 g/mol. The normalized spacial score (nSPS) is 10.2. The molecule has 0 atom stereocenters. The zero-order chi connectivity index (χ0) is 20.1. The van der Waals surface area contributed by atoms with Gasteiger partial charge in [-0.2, -0.15) is 0 Å². The van der Waals surface area contributed by atoms with Crippen molar-refractivity contribution in [3.8, 4) is 11.3 Å². The van der Waals surface area contributed by atoms with Crippen LogP contribution in [0.4, 0.5) is 11.5 Å². The Bertz CT molecular complexity index is 1040. The fourth-order valence-corrected chi connectivity index (χ4v) is 2.71. The molecule has 0 aliphatic carbocycles. The highest BCUT2D eigenvalue weighted by molar-refractivity contribution is 6.33. The van der Waals surface area contributed by atoms with E-state index in [9.17, 15) is 9.59 Å². The van der Waals surface area contributed by atoms with Crippen LogP contribution < -0.4 is 10.6 Å². The van der Waals surface area contributed by atoms with Crippen molar-refractivity contribution < 1.29 is 14.3 Å². The van der Waals surface area contributed by atoms with E-state index in [1.807, 2.05) is 6.07 Å². The Kier molecular flexibility index (Phi) is 5.86. The van der Waals surface area contributed by atoms with Crippen LogP contribution in [0, 0.1) is 0 Å². The second-order valence-electron chi connectivity index (χ2n) is 5.76. The van der Waals surface area contributed by atoms with Crippen LogP contribution in [0.15, 0.2) is 54.9 Å². The number of benzene rings is 2. The molecule has 142 valence electrons. The number of carbonyl (C=O) groups excluding carboxylic acids is 2. The molecule has 0 unspecified atom stereocenters. The molecule has 0 aliphatic heterocycles. The van der Waals surface area contributed by atoms with Crippen LogP contribution in [0.1, 0.15) is 20.7 Å². The number of amides is 1. The van der Waals surface area contributed by atoms with Gasteiger partial charge in [0.05, 0.1) is 35.8 Å². The summed E-state index contributed by atoms with van der Waals surface area (Å²) < 4.78 is 4.69. The summed E-state index contributed by atoms with van der Waals surface area (Å²) in [7, 11) is 3.02. The summed E-state index contributed by atoms with van der Waals surface area (Å²) in [6, 6.07) is 11.6. The summed E-state index contributed by atoms with van der Waals surface area (Å²) in [6.45, 7) is 0. The van der Waals surface area contributed by atoms with Crippen molar-refractivity contribution >= 4 is 35.0 Å². The summed E-state index contributed by atoms with van der Waals surface area (Å²) in [6.07, 6.45) is 3.24. The highest BCUT2D eigenvalue weighted by atomic mass is 35.5. The largest absolute Gasteiger partial charge is 0.465 e. The summed E-state index contributed by atoms with van der Waals surface area (Å²) in [5, 5.41) is 5.93. The number of carbonyl (C=O) groups is 2. The molecule has 0 saturated carbocycles. The molecule has 1 heterocycles. The van der Waals surface area contributed by atoms with Gasteiger partial charge in [-0.15, -0.1) is 0 Å². The van der Waals surface area contributed by atoms with Gasteiger partial charge in [-0.25, -0.2) is 9.78 Å². The number of methoxy groups -OCH3 is 1. The highest BCUT2D eigenvalue weighted by Crippen LogP contribution is 2.23. The van der Waals surface area contributed by atoms with Gasteiger partial charge in [0, 0.05) is 23.9 Å². The smallest absolute Gasteiger partial charge is 0.339 e. The maximum Gasteiger partial charge on any atom is 0.339 e. The number of nitrogens with zero attached hydrogens (tertiary/aromatic N) is 2. The van der Waals surface area contributed by atoms with E-state index in [0.29, 0.717) is 22.8 Å². The van der Waals surface area contributed by atoms with E-state index in [1.54, 1.807) is 43.7 Å². The fourth-order valence-electron chi connectivity index (χ4n) is 2.52. The van der Waals surface area contributed by atoms with E-state index in [-0.39, 0.29) is 16.5 Å². The van der Waals surface area contributed by atoms with Crippen LogP contribution >= 0.6 is 11.6 Å². The van der Waals surface area contributed by atoms with Crippen LogP contribution in [0.5, 0.6) is 0 Å². The Balaban J connectivity index is 1.85. The first kappa shape index (κ1) is 19.3. The Hall–Kier alpha value is -3.45. The molecule has 3 rings (SSSR count). The topological polar surface area (TPSA) is 93.2 Å². The number of nitrogens with one attached hydrogen (secondary N) is 2. The number of aromatic nitrogens is 2. The first-order chi connectivity index (χ1) is 13.5. The zero-order valence-corrected chi connectivity index (χ0v) is 15.9. The van der Waals surface area contributed by atoms with Gasteiger partial charge >= 0.3 is 5.97 Å². The standard InChI is InChI=1S/C20H17ClN4O3/c1-22-18-11-23-10-17(25-18)12-4-3-5-13(8-12)19(26)24-14-6-7-16(21)15(9-14)20(27)28-2/h3-11H,1-2H3,(H,22,25)(H,24,26). The lowest BCUT2D eigenvalue weighted by atomic mass is 10.1. The number of ether oxygens (including phenoxy) is 1. The van der Waals surface area contributed by atoms with E-state index in [1.165, 1.54) is 19.2 Å². The fraction of sp³-hybridized carbons (Fsp3) is 0.100. The second-order valence-corrected chi connectivity index (χ2v) is 6.17. The SMILES string of the molecule is CNc1cncc(-c2cccc(C(=O)Nc3ccc(Cl)c(C(=O)OC)c3)c2)n1.